The van der Waals surface area contributed by atoms with Gasteiger partial charge in [0.2, 0.25) is 0 Å². The maximum Gasteiger partial charge on any atom is 0.0547 e. The average molecular weight is 804 g/mol. The third-order valence-electron chi connectivity index (χ3n) is 11.5. The predicted molar refractivity (Wildman–Crippen MR) is 278 cm³/mol. The van der Waals surface area contributed by atoms with Crippen molar-refractivity contribution >= 4 is 66.3 Å². The fourth-order valence-electron chi connectivity index (χ4n) is 8.62. The number of rotatable bonds is 8. The fourth-order valence-corrected chi connectivity index (χ4v) is 8.62. The molecule has 1 nitrogen and oxygen atoms in total. The summed E-state index contributed by atoms with van der Waals surface area (Å²) in [7, 11) is 0. The molecule has 62 heavy (non-hydrogen) atoms. The first-order valence-corrected chi connectivity index (χ1v) is 21.5. The van der Waals surface area contributed by atoms with Gasteiger partial charge in [-0.05, 0) is 127 Å². The van der Waals surface area contributed by atoms with Crippen molar-refractivity contribution < 1.29 is 0 Å². The Morgan fingerprint density at radius 2 is 1.11 bits per heavy atom. The second-order valence-corrected chi connectivity index (χ2v) is 16.5. The standard InChI is InChI=1S/C51H41N.C6H10.C4H6/c1-6-15-33-24-30-45-49(39(33)7-2)50-40-19-12-11-16-34(40)25-31-46(50)52(45)38-27-22-36(23-28-38)48-42-21-14-13-20-41(42)47(35-17-9-8-10-18-35)43-29-26-37(32-44(43)48)51(3,4)5;1-3-5-6-4-2;1-3-4-2/h6-32H,2H2,1,3-5H3;3-4,6H,1,5H2,2H3;3-4H,1-2H2/b15-6-;6-4-;. The van der Waals surface area contributed by atoms with E-state index in [9.17, 15) is 0 Å². The summed E-state index contributed by atoms with van der Waals surface area (Å²) in [5.41, 5.74) is 12.2. The van der Waals surface area contributed by atoms with Crippen molar-refractivity contribution in [3.8, 4) is 27.9 Å². The highest BCUT2D eigenvalue weighted by Gasteiger charge is 2.22. The van der Waals surface area contributed by atoms with Crippen LogP contribution in [0.5, 0.6) is 0 Å². The summed E-state index contributed by atoms with van der Waals surface area (Å²) in [6.45, 7) is 25.5. The van der Waals surface area contributed by atoms with Crippen LogP contribution in [0.4, 0.5) is 0 Å². The van der Waals surface area contributed by atoms with E-state index in [1.165, 1.54) is 93.1 Å². The lowest BCUT2D eigenvalue weighted by Crippen LogP contribution is -2.10. The molecule has 1 aromatic heterocycles. The molecule has 1 heteroatoms. The van der Waals surface area contributed by atoms with E-state index in [2.05, 4.69) is 222 Å². The molecule has 0 radical (unpaired) electrons. The Labute approximate surface area is 368 Å². The third-order valence-corrected chi connectivity index (χ3v) is 11.5. The van der Waals surface area contributed by atoms with Crippen molar-refractivity contribution in [3.63, 3.8) is 0 Å². The van der Waals surface area contributed by atoms with Gasteiger partial charge in [0, 0.05) is 16.5 Å². The summed E-state index contributed by atoms with van der Waals surface area (Å²) >= 11 is 0. The molecule has 0 amide bonds. The van der Waals surface area contributed by atoms with Crippen LogP contribution in [0.15, 0.2) is 208 Å². The van der Waals surface area contributed by atoms with E-state index in [1.54, 1.807) is 12.2 Å². The largest absolute Gasteiger partial charge is 0.309 e. The number of hydrogen-bond acceptors (Lipinski definition) is 0. The van der Waals surface area contributed by atoms with Gasteiger partial charge in [-0.25, -0.2) is 0 Å². The number of allylic oxidation sites excluding steroid dienone is 6. The van der Waals surface area contributed by atoms with E-state index in [1.807, 2.05) is 25.2 Å². The maximum absolute atomic E-state index is 4.29. The number of hydrogen-bond donors (Lipinski definition) is 0. The minimum Gasteiger partial charge on any atom is -0.309 e. The van der Waals surface area contributed by atoms with Crippen LogP contribution in [0, 0.1) is 0 Å². The van der Waals surface area contributed by atoms with Gasteiger partial charge in [0.1, 0.15) is 0 Å². The van der Waals surface area contributed by atoms with Gasteiger partial charge >= 0.3 is 0 Å². The van der Waals surface area contributed by atoms with Gasteiger partial charge in [-0.3, -0.25) is 0 Å². The van der Waals surface area contributed by atoms with E-state index in [-0.39, 0.29) is 5.41 Å². The van der Waals surface area contributed by atoms with Crippen LogP contribution in [0.2, 0.25) is 0 Å². The first kappa shape index (κ1) is 42.9. The van der Waals surface area contributed by atoms with Crippen LogP contribution in [-0.4, -0.2) is 4.57 Å². The van der Waals surface area contributed by atoms with E-state index >= 15 is 0 Å². The van der Waals surface area contributed by atoms with E-state index in [4.69, 9.17) is 0 Å². The van der Waals surface area contributed by atoms with Crippen molar-refractivity contribution in [1.82, 2.24) is 4.57 Å². The first-order valence-electron chi connectivity index (χ1n) is 21.5. The topological polar surface area (TPSA) is 4.93 Å². The lowest BCUT2D eigenvalue weighted by atomic mass is 9.81. The zero-order valence-corrected chi connectivity index (χ0v) is 37.0. The van der Waals surface area contributed by atoms with Gasteiger partial charge in [0.25, 0.3) is 0 Å². The molecule has 8 aromatic carbocycles. The van der Waals surface area contributed by atoms with Gasteiger partial charge < -0.3 is 4.57 Å². The monoisotopic (exact) mass is 803 g/mol. The van der Waals surface area contributed by atoms with Crippen LogP contribution in [-0.2, 0) is 5.41 Å². The van der Waals surface area contributed by atoms with Gasteiger partial charge in [-0.1, -0.05) is 204 Å². The highest BCUT2D eigenvalue weighted by atomic mass is 15.0. The first-order chi connectivity index (χ1) is 30.2. The van der Waals surface area contributed by atoms with E-state index in [0.29, 0.717) is 0 Å². The van der Waals surface area contributed by atoms with Crippen LogP contribution in [0.25, 0.3) is 94.2 Å². The highest BCUT2D eigenvalue weighted by molar-refractivity contribution is 6.24. The van der Waals surface area contributed by atoms with Crippen LogP contribution in [0.3, 0.4) is 0 Å². The maximum atomic E-state index is 4.29. The molecular formula is C61H57N. The van der Waals surface area contributed by atoms with Crippen LogP contribution < -0.4 is 0 Å². The molecule has 0 bridgehead atoms. The number of nitrogens with zero attached hydrogens (tertiary/aromatic N) is 1. The third kappa shape index (κ3) is 8.27. The Balaban J connectivity index is 0.000000522. The average Bonchev–Trinajstić information content (AvgIpc) is 3.65. The number of fused-ring (bicyclic) bond motifs is 7. The predicted octanol–water partition coefficient (Wildman–Crippen LogP) is 18.0. The van der Waals surface area contributed by atoms with Crippen molar-refractivity contribution in [3.05, 3.63) is 225 Å². The molecule has 0 spiro atoms. The summed E-state index contributed by atoms with van der Waals surface area (Å²) in [5.74, 6) is 0. The summed E-state index contributed by atoms with van der Waals surface area (Å²) in [6.07, 6.45) is 16.5. The van der Waals surface area contributed by atoms with Crippen molar-refractivity contribution in [2.75, 3.05) is 0 Å². The quantitative estimate of drug-likeness (QED) is 0.0819. The Morgan fingerprint density at radius 3 is 1.71 bits per heavy atom. The molecule has 0 unspecified atom stereocenters. The SMILES string of the molecule is C=CC/C=C\C.C=CC=C.C=Cc1c(/C=C\C)ccc2c1c1c3ccccc3ccc1n2-c1ccc(-c2c3ccccc3c(-c3ccccc3)c3ccc(C(C)(C)C)cc23)cc1. The number of aromatic nitrogens is 1. The molecule has 1 heterocycles. The number of benzene rings is 8. The molecule has 306 valence electrons. The summed E-state index contributed by atoms with van der Waals surface area (Å²) in [5, 5.41) is 10.1. The van der Waals surface area contributed by atoms with Gasteiger partial charge in [0.15, 0.2) is 0 Å². The molecule has 9 aromatic rings. The molecule has 0 aliphatic heterocycles. The molecule has 0 aliphatic carbocycles. The minimum absolute atomic E-state index is 0.0195. The van der Waals surface area contributed by atoms with Crippen molar-refractivity contribution in [1.29, 1.82) is 0 Å². The summed E-state index contributed by atoms with van der Waals surface area (Å²) in [6, 6.07) is 53.9. The summed E-state index contributed by atoms with van der Waals surface area (Å²) in [4.78, 5) is 0. The fraction of sp³-hybridized carbons (Fsp3) is 0.115. The molecule has 0 aliphatic rings. The second-order valence-electron chi connectivity index (χ2n) is 16.5. The molecule has 0 saturated carbocycles. The van der Waals surface area contributed by atoms with Crippen LogP contribution in [0.1, 0.15) is 57.7 Å². The molecule has 0 fully saturated rings. The highest BCUT2D eigenvalue weighted by Crippen LogP contribution is 2.46. The smallest absolute Gasteiger partial charge is 0.0547 e. The Bertz CT molecular complexity index is 3130. The van der Waals surface area contributed by atoms with Crippen LogP contribution >= 0.6 is 0 Å². The Kier molecular flexibility index (Phi) is 13.1. The van der Waals surface area contributed by atoms with E-state index in [0.717, 1.165) is 12.1 Å². The molecule has 0 saturated heterocycles. The van der Waals surface area contributed by atoms with Gasteiger partial charge in [-0.2, -0.15) is 0 Å². The van der Waals surface area contributed by atoms with Crippen molar-refractivity contribution in [2.24, 2.45) is 0 Å². The second kappa shape index (κ2) is 19.0. The molecule has 0 atom stereocenters. The lowest BCUT2D eigenvalue weighted by Gasteiger charge is -2.23. The van der Waals surface area contributed by atoms with Gasteiger partial charge in [-0.15, -0.1) is 6.58 Å². The molecular weight excluding hydrogens is 747 g/mol. The summed E-state index contributed by atoms with van der Waals surface area (Å²) < 4.78 is 2.43. The lowest BCUT2D eigenvalue weighted by molar-refractivity contribution is 0.591. The normalized spacial score (nSPS) is 11.5. The minimum atomic E-state index is 0.0195. The van der Waals surface area contributed by atoms with Gasteiger partial charge in [0.05, 0.1) is 11.0 Å². The van der Waals surface area contributed by atoms with E-state index < -0.39 is 0 Å². The Hall–Kier alpha value is -7.22. The zero-order valence-electron chi connectivity index (χ0n) is 37.0. The Morgan fingerprint density at radius 1 is 0.532 bits per heavy atom. The molecule has 0 N–H and O–H groups in total. The zero-order chi connectivity index (χ0) is 43.8. The molecule has 9 rings (SSSR count). The van der Waals surface area contributed by atoms with Crippen molar-refractivity contribution in [2.45, 2.75) is 46.5 Å².